The number of benzene rings is 2. The summed E-state index contributed by atoms with van der Waals surface area (Å²) in [6.45, 7) is 2.56. The summed E-state index contributed by atoms with van der Waals surface area (Å²) in [4.78, 5) is 25.1. The van der Waals surface area contributed by atoms with Gasteiger partial charge in [-0.3, -0.25) is 4.90 Å². The Morgan fingerprint density at radius 3 is 2.27 bits per heavy atom. The van der Waals surface area contributed by atoms with Gasteiger partial charge in [-0.2, -0.15) is 4.98 Å². The molecule has 10 nitrogen and oxygen atoms in total. The molecule has 0 unspecified atom stereocenters. The Morgan fingerprint density at radius 2 is 1.73 bits per heavy atom. The van der Waals surface area contributed by atoms with Gasteiger partial charge in [-0.1, -0.05) is 28.9 Å². The summed E-state index contributed by atoms with van der Waals surface area (Å²) in [5, 5.41) is 19.5. The van der Waals surface area contributed by atoms with Crippen LogP contribution in [0, 0.1) is 0 Å². The van der Waals surface area contributed by atoms with Crippen molar-refractivity contribution in [1.29, 1.82) is 0 Å². The molecule has 0 atom stereocenters. The molecular weight excluding hydrogens is 454 g/mol. The standard InChI is InChI=1S/C20H20ClN3O3.C2H2O4/c1-25-17-6-13(7-18(9-17)26-2)10-24-11-15(12-24)20-22-19(23-27-20)14-4-3-5-16(21)8-14;3-1(4)2(5)6/h3-9,15H,10-12H2,1-2H3;(H,3,4)(H,5,6). The highest BCUT2D eigenvalue weighted by molar-refractivity contribution is 6.30. The minimum Gasteiger partial charge on any atom is -0.497 e. The van der Waals surface area contributed by atoms with Gasteiger partial charge in [-0.25, -0.2) is 9.59 Å². The lowest BCUT2D eigenvalue weighted by atomic mass is 9.99. The first kappa shape index (κ1) is 24.0. The van der Waals surface area contributed by atoms with E-state index < -0.39 is 11.9 Å². The summed E-state index contributed by atoms with van der Waals surface area (Å²) >= 11 is 6.03. The lowest BCUT2D eigenvalue weighted by Gasteiger charge is -2.37. The SMILES string of the molecule is COc1cc(CN2CC(c3nc(-c4cccc(Cl)c4)no3)C2)cc(OC)c1.O=C(O)C(=O)O. The van der Waals surface area contributed by atoms with Gasteiger partial charge in [0.05, 0.1) is 20.1 Å². The van der Waals surface area contributed by atoms with Crippen molar-refractivity contribution in [3.05, 3.63) is 58.9 Å². The molecule has 33 heavy (non-hydrogen) atoms. The van der Waals surface area contributed by atoms with Gasteiger partial charge in [0.1, 0.15) is 11.5 Å². The predicted octanol–water partition coefficient (Wildman–Crippen LogP) is 3.16. The van der Waals surface area contributed by atoms with Crippen LogP contribution in [-0.2, 0) is 16.1 Å². The molecular formula is C22H22ClN3O7. The molecule has 1 aromatic heterocycles. The number of hydrogen-bond acceptors (Lipinski definition) is 8. The van der Waals surface area contributed by atoms with Gasteiger partial charge in [-0.15, -0.1) is 0 Å². The number of rotatable bonds is 6. The van der Waals surface area contributed by atoms with Crippen molar-refractivity contribution in [2.75, 3.05) is 27.3 Å². The lowest BCUT2D eigenvalue weighted by molar-refractivity contribution is -0.159. The Morgan fingerprint density at radius 1 is 1.09 bits per heavy atom. The zero-order valence-electron chi connectivity index (χ0n) is 17.9. The number of aliphatic carboxylic acids is 2. The highest BCUT2D eigenvalue weighted by Gasteiger charge is 2.32. The van der Waals surface area contributed by atoms with Crippen molar-refractivity contribution in [2.45, 2.75) is 12.5 Å². The number of carboxylic acid groups (broad SMARTS) is 2. The number of halogens is 1. The van der Waals surface area contributed by atoms with E-state index in [1.165, 1.54) is 0 Å². The molecule has 1 fully saturated rings. The van der Waals surface area contributed by atoms with Crippen molar-refractivity contribution >= 4 is 23.5 Å². The average molecular weight is 476 g/mol. The van der Waals surface area contributed by atoms with Crippen molar-refractivity contribution in [3.8, 4) is 22.9 Å². The molecule has 1 aliphatic rings. The van der Waals surface area contributed by atoms with E-state index >= 15 is 0 Å². The number of likely N-dealkylation sites (tertiary alicyclic amines) is 1. The van der Waals surface area contributed by atoms with Gasteiger partial charge in [0.25, 0.3) is 0 Å². The van der Waals surface area contributed by atoms with E-state index in [-0.39, 0.29) is 5.92 Å². The summed E-state index contributed by atoms with van der Waals surface area (Å²) in [7, 11) is 3.32. The molecule has 0 bridgehead atoms. The molecule has 0 aliphatic carbocycles. The first-order chi connectivity index (χ1) is 15.8. The molecule has 2 aromatic carbocycles. The Balaban J connectivity index is 0.000000454. The van der Waals surface area contributed by atoms with Crippen LogP contribution in [0.15, 0.2) is 47.0 Å². The molecule has 4 rings (SSSR count). The van der Waals surface area contributed by atoms with E-state index in [0.717, 1.165) is 42.3 Å². The molecule has 0 amide bonds. The van der Waals surface area contributed by atoms with Gasteiger partial charge in [-0.05, 0) is 29.8 Å². The molecule has 3 aromatic rings. The molecule has 2 heterocycles. The molecule has 1 aliphatic heterocycles. The van der Waals surface area contributed by atoms with Crippen molar-refractivity contribution in [2.24, 2.45) is 0 Å². The summed E-state index contributed by atoms with van der Waals surface area (Å²) in [5.74, 6) is -0.565. The van der Waals surface area contributed by atoms with Crippen molar-refractivity contribution < 1.29 is 33.8 Å². The van der Waals surface area contributed by atoms with Crippen LogP contribution in [0.1, 0.15) is 17.4 Å². The van der Waals surface area contributed by atoms with E-state index in [0.29, 0.717) is 16.7 Å². The van der Waals surface area contributed by atoms with Gasteiger partial charge in [0, 0.05) is 36.3 Å². The first-order valence-corrected chi connectivity index (χ1v) is 10.2. The Hall–Kier alpha value is -3.63. The zero-order chi connectivity index (χ0) is 24.0. The molecule has 0 saturated carbocycles. The third-order valence-corrected chi connectivity index (χ3v) is 5.07. The van der Waals surface area contributed by atoms with Crippen LogP contribution in [-0.4, -0.2) is 64.5 Å². The second-order valence-corrected chi connectivity index (χ2v) is 7.63. The minimum atomic E-state index is -1.82. The summed E-state index contributed by atoms with van der Waals surface area (Å²) < 4.78 is 16.1. The maximum Gasteiger partial charge on any atom is 0.414 e. The molecule has 11 heteroatoms. The van der Waals surface area contributed by atoms with Crippen LogP contribution in [0.5, 0.6) is 11.5 Å². The van der Waals surface area contributed by atoms with Crippen molar-refractivity contribution in [3.63, 3.8) is 0 Å². The summed E-state index contributed by atoms with van der Waals surface area (Å²) in [6, 6.07) is 13.4. The smallest absolute Gasteiger partial charge is 0.414 e. The summed E-state index contributed by atoms with van der Waals surface area (Å²) in [5.41, 5.74) is 2.01. The van der Waals surface area contributed by atoms with E-state index in [4.69, 9.17) is 45.4 Å². The lowest BCUT2D eigenvalue weighted by Crippen LogP contribution is -2.44. The van der Waals surface area contributed by atoms with E-state index in [9.17, 15) is 0 Å². The normalized spacial score (nSPS) is 13.4. The topological polar surface area (TPSA) is 135 Å². The fourth-order valence-electron chi connectivity index (χ4n) is 3.22. The minimum absolute atomic E-state index is 0.248. The van der Waals surface area contributed by atoms with Crippen LogP contribution in [0.3, 0.4) is 0 Å². The second kappa shape index (κ2) is 10.8. The van der Waals surface area contributed by atoms with Crippen LogP contribution >= 0.6 is 11.6 Å². The molecule has 1 saturated heterocycles. The number of hydrogen-bond donors (Lipinski definition) is 2. The number of methoxy groups -OCH3 is 2. The van der Waals surface area contributed by atoms with Gasteiger partial charge >= 0.3 is 11.9 Å². The largest absolute Gasteiger partial charge is 0.497 e. The van der Waals surface area contributed by atoms with Crippen molar-refractivity contribution in [1.82, 2.24) is 15.0 Å². The van der Waals surface area contributed by atoms with E-state index in [1.807, 2.05) is 42.5 Å². The average Bonchev–Trinajstić information content (AvgIpc) is 3.25. The number of carbonyl (C=O) groups is 2. The Labute approximate surface area is 194 Å². The summed E-state index contributed by atoms with van der Waals surface area (Å²) in [6.07, 6.45) is 0. The number of aromatic nitrogens is 2. The molecule has 174 valence electrons. The maximum atomic E-state index is 9.10. The fourth-order valence-corrected chi connectivity index (χ4v) is 3.41. The van der Waals surface area contributed by atoms with E-state index in [1.54, 1.807) is 14.2 Å². The quantitative estimate of drug-likeness (QED) is 0.511. The molecule has 2 N–H and O–H groups in total. The number of nitrogens with zero attached hydrogens (tertiary/aromatic N) is 3. The third-order valence-electron chi connectivity index (χ3n) is 4.83. The molecule has 0 radical (unpaired) electrons. The van der Waals surface area contributed by atoms with E-state index in [2.05, 4.69) is 15.0 Å². The molecule has 0 spiro atoms. The highest BCUT2D eigenvalue weighted by atomic mass is 35.5. The second-order valence-electron chi connectivity index (χ2n) is 7.19. The van der Waals surface area contributed by atoms with Crippen LogP contribution < -0.4 is 9.47 Å². The first-order valence-electron chi connectivity index (χ1n) is 9.79. The number of ether oxygens (including phenoxy) is 2. The predicted molar refractivity (Wildman–Crippen MR) is 118 cm³/mol. The Bertz CT molecular complexity index is 1090. The van der Waals surface area contributed by atoms with Gasteiger partial charge < -0.3 is 24.2 Å². The fraction of sp³-hybridized carbons (Fsp3) is 0.273. The van der Waals surface area contributed by atoms with Crippen LogP contribution in [0.4, 0.5) is 0 Å². The maximum absolute atomic E-state index is 9.10. The zero-order valence-corrected chi connectivity index (χ0v) is 18.7. The Kier molecular flexibility index (Phi) is 7.86. The number of carboxylic acids is 2. The highest BCUT2D eigenvalue weighted by Crippen LogP contribution is 2.31. The third kappa shape index (κ3) is 6.43. The van der Waals surface area contributed by atoms with Gasteiger partial charge in [0.15, 0.2) is 0 Å². The van der Waals surface area contributed by atoms with Crippen LogP contribution in [0.2, 0.25) is 5.02 Å². The monoisotopic (exact) mass is 475 g/mol. The van der Waals surface area contributed by atoms with Gasteiger partial charge in [0.2, 0.25) is 11.7 Å². The van der Waals surface area contributed by atoms with Crippen LogP contribution in [0.25, 0.3) is 11.4 Å².